The van der Waals surface area contributed by atoms with E-state index in [9.17, 15) is 4.79 Å². The van der Waals surface area contributed by atoms with E-state index < -0.39 is 0 Å². The van der Waals surface area contributed by atoms with Gasteiger partial charge >= 0.3 is 0 Å². The Morgan fingerprint density at radius 1 is 1.33 bits per heavy atom. The summed E-state index contributed by atoms with van der Waals surface area (Å²) >= 11 is 0. The molecule has 0 atom stereocenters. The van der Waals surface area contributed by atoms with Gasteiger partial charge in [0.05, 0.1) is 5.69 Å². The standard InChI is InChI=1S/C15H17N3O3/c1-9-12(10(2)18(3)17-9)7-16-15(19)11-4-5-13-14(6-11)21-8-20-13/h4-6H,7-8H2,1-3H3,(H,16,19). The predicted octanol–water partition coefficient (Wildman–Crippen LogP) is 1.70. The van der Waals surface area contributed by atoms with E-state index in [1.807, 2.05) is 25.6 Å². The highest BCUT2D eigenvalue weighted by molar-refractivity contribution is 5.94. The molecule has 6 nitrogen and oxygen atoms in total. The highest BCUT2D eigenvalue weighted by Crippen LogP contribution is 2.32. The lowest BCUT2D eigenvalue weighted by Gasteiger charge is -2.06. The van der Waals surface area contributed by atoms with Gasteiger partial charge in [0.1, 0.15) is 0 Å². The summed E-state index contributed by atoms with van der Waals surface area (Å²) in [5.74, 6) is 1.14. The topological polar surface area (TPSA) is 65.4 Å². The van der Waals surface area contributed by atoms with E-state index in [0.717, 1.165) is 17.0 Å². The van der Waals surface area contributed by atoms with E-state index in [0.29, 0.717) is 23.6 Å². The molecule has 0 radical (unpaired) electrons. The first kappa shape index (κ1) is 13.5. The van der Waals surface area contributed by atoms with Gasteiger partial charge in [0.25, 0.3) is 5.91 Å². The van der Waals surface area contributed by atoms with E-state index in [-0.39, 0.29) is 12.7 Å². The van der Waals surface area contributed by atoms with Crippen LogP contribution < -0.4 is 14.8 Å². The van der Waals surface area contributed by atoms with Crippen LogP contribution in [0.3, 0.4) is 0 Å². The third-order valence-corrected chi connectivity index (χ3v) is 3.72. The number of aromatic nitrogens is 2. The average molecular weight is 287 g/mol. The van der Waals surface area contributed by atoms with Gasteiger partial charge in [0.15, 0.2) is 11.5 Å². The number of fused-ring (bicyclic) bond motifs is 1. The Morgan fingerprint density at radius 3 is 2.81 bits per heavy atom. The van der Waals surface area contributed by atoms with Crippen LogP contribution >= 0.6 is 0 Å². The molecule has 1 aliphatic rings. The molecule has 0 unspecified atom stereocenters. The molecule has 1 amide bonds. The molecule has 0 saturated heterocycles. The number of nitrogens with zero attached hydrogens (tertiary/aromatic N) is 2. The van der Waals surface area contributed by atoms with Gasteiger partial charge in [-0.15, -0.1) is 0 Å². The molecule has 0 fully saturated rings. The number of amides is 1. The summed E-state index contributed by atoms with van der Waals surface area (Å²) in [7, 11) is 1.89. The second kappa shape index (κ2) is 5.12. The number of benzene rings is 1. The smallest absolute Gasteiger partial charge is 0.251 e. The fourth-order valence-electron chi connectivity index (χ4n) is 2.38. The van der Waals surface area contributed by atoms with Crippen molar-refractivity contribution in [3.8, 4) is 11.5 Å². The molecule has 0 saturated carbocycles. The Bertz CT molecular complexity index is 706. The molecule has 0 spiro atoms. The summed E-state index contributed by atoms with van der Waals surface area (Å²) in [5, 5.41) is 7.25. The Balaban J connectivity index is 1.72. The van der Waals surface area contributed by atoms with Crippen molar-refractivity contribution in [2.75, 3.05) is 6.79 Å². The molecule has 1 aromatic carbocycles. The maximum absolute atomic E-state index is 12.2. The van der Waals surface area contributed by atoms with Gasteiger partial charge in [-0.3, -0.25) is 9.48 Å². The van der Waals surface area contributed by atoms with Crippen LogP contribution in [-0.4, -0.2) is 22.5 Å². The van der Waals surface area contributed by atoms with Gasteiger partial charge in [-0.2, -0.15) is 5.10 Å². The van der Waals surface area contributed by atoms with Crippen LogP contribution in [0, 0.1) is 13.8 Å². The molecular formula is C15H17N3O3. The summed E-state index contributed by atoms with van der Waals surface area (Å²) < 4.78 is 12.3. The van der Waals surface area contributed by atoms with E-state index >= 15 is 0 Å². The maximum Gasteiger partial charge on any atom is 0.251 e. The molecule has 3 rings (SSSR count). The van der Waals surface area contributed by atoms with Crippen molar-refractivity contribution in [3.05, 3.63) is 40.7 Å². The Hall–Kier alpha value is -2.50. The van der Waals surface area contributed by atoms with Crippen molar-refractivity contribution in [2.24, 2.45) is 7.05 Å². The van der Waals surface area contributed by atoms with E-state index in [1.165, 1.54) is 0 Å². The average Bonchev–Trinajstić information content (AvgIpc) is 3.02. The minimum absolute atomic E-state index is 0.143. The van der Waals surface area contributed by atoms with E-state index in [2.05, 4.69) is 10.4 Å². The minimum atomic E-state index is -0.143. The van der Waals surface area contributed by atoms with Crippen molar-refractivity contribution >= 4 is 5.91 Å². The third kappa shape index (κ3) is 2.44. The molecule has 6 heteroatoms. The minimum Gasteiger partial charge on any atom is -0.454 e. The Kier molecular flexibility index (Phi) is 3.29. The SMILES string of the molecule is Cc1nn(C)c(C)c1CNC(=O)c1ccc2c(c1)OCO2. The van der Waals surface area contributed by atoms with Gasteiger partial charge in [-0.1, -0.05) is 0 Å². The van der Waals surface area contributed by atoms with E-state index in [4.69, 9.17) is 9.47 Å². The number of carbonyl (C=O) groups is 1. The summed E-state index contributed by atoms with van der Waals surface area (Å²) in [6.07, 6.45) is 0. The lowest BCUT2D eigenvalue weighted by molar-refractivity contribution is 0.0950. The van der Waals surface area contributed by atoms with Gasteiger partial charge < -0.3 is 14.8 Å². The normalized spacial score (nSPS) is 12.5. The molecule has 1 aromatic heterocycles. The highest BCUT2D eigenvalue weighted by atomic mass is 16.7. The monoisotopic (exact) mass is 287 g/mol. The zero-order valence-electron chi connectivity index (χ0n) is 12.3. The van der Waals surface area contributed by atoms with Crippen LogP contribution in [-0.2, 0) is 13.6 Å². The molecule has 0 aliphatic carbocycles. The van der Waals surface area contributed by atoms with Crippen molar-refractivity contribution in [1.29, 1.82) is 0 Å². The lowest BCUT2D eigenvalue weighted by atomic mass is 10.1. The third-order valence-electron chi connectivity index (χ3n) is 3.72. The molecule has 0 bridgehead atoms. The number of carbonyl (C=O) groups excluding carboxylic acids is 1. The second-order valence-electron chi connectivity index (χ2n) is 5.02. The number of ether oxygens (including phenoxy) is 2. The lowest BCUT2D eigenvalue weighted by Crippen LogP contribution is -2.23. The first-order chi connectivity index (χ1) is 10.1. The Morgan fingerprint density at radius 2 is 2.10 bits per heavy atom. The van der Waals surface area contributed by atoms with Gasteiger partial charge in [-0.25, -0.2) is 0 Å². The number of aryl methyl sites for hydroxylation is 2. The van der Waals surface area contributed by atoms with Crippen molar-refractivity contribution in [2.45, 2.75) is 20.4 Å². The summed E-state index contributed by atoms with van der Waals surface area (Å²) in [6.45, 7) is 4.59. The number of rotatable bonds is 3. The van der Waals surface area contributed by atoms with Gasteiger partial charge in [0, 0.05) is 30.4 Å². The van der Waals surface area contributed by atoms with Gasteiger partial charge in [-0.05, 0) is 32.0 Å². The zero-order chi connectivity index (χ0) is 15.0. The fourth-order valence-corrected chi connectivity index (χ4v) is 2.38. The van der Waals surface area contributed by atoms with Crippen LogP contribution in [0.25, 0.3) is 0 Å². The zero-order valence-corrected chi connectivity index (χ0v) is 12.3. The molecule has 2 heterocycles. The van der Waals surface area contributed by atoms with Crippen LogP contribution in [0.4, 0.5) is 0 Å². The number of nitrogens with one attached hydrogen (secondary N) is 1. The van der Waals surface area contributed by atoms with Crippen molar-refractivity contribution in [3.63, 3.8) is 0 Å². The molecule has 1 aliphatic heterocycles. The number of hydrogen-bond donors (Lipinski definition) is 1. The van der Waals surface area contributed by atoms with Crippen molar-refractivity contribution in [1.82, 2.24) is 15.1 Å². The summed E-state index contributed by atoms with van der Waals surface area (Å²) in [4.78, 5) is 12.2. The quantitative estimate of drug-likeness (QED) is 0.933. The first-order valence-corrected chi connectivity index (χ1v) is 6.73. The van der Waals surface area contributed by atoms with Crippen molar-refractivity contribution < 1.29 is 14.3 Å². The van der Waals surface area contributed by atoms with E-state index in [1.54, 1.807) is 18.2 Å². The summed E-state index contributed by atoms with van der Waals surface area (Å²) in [5.41, 5.74) is 3.59. The second-order valence-corrected chi connectivity index (χ2v) is 5.02. The molecule has 2 aromatic rings. The highest BCUT2D eigenvalue weighted by Gasteiger charge is 2.17. The molecular weight excluding hydrogens is 270 g/mol. The van der Waals surface area contributed by atoms with Crippen LogP contribution in [0.2, 0.25) is 0 Å². The largest absolute Gasteiger partial charge is 0.454 e. The maximum atomic E-state index is 12.2. The number of hydrogen-bond acceptors (Lipinski definition) is 4. The van der Waals surface area contributed by atoms with Crippen LogP contribution in [0.5, 0.6) is 11.5 Å². The Labute approximate surface area is 122 Å². The molecule has 1 N–H and O–H groups in total. The fraction of sp³-hybridized carbons (Fsp3) is 0.333. The van der Waals surface area contributed by atoms with Crippen LogP contribution in [0.15, 0.2) is 18.2 Å². The van der Waals surface area contributed by atoms with Crippen LogP contribution in [0.1, 0.15) is 27.3 Å². The molecule has 110 valence electrons. The molecule has 21 heavy (non-hydrogen) atoms. The predicted molar refractivity (Wildman–Crippen MR) is 76.4 cm³/mol. The van der Waals surface area contributed by atoms with Gasteiger partial charge in [0.2, 0.25) is 6.79 Å². The first-order valence-electron chi connectivity index (χ1n) is 6.73. The summed E-state index contributed by atoms with van der Waals surface area (Å²) in [6, 6.07) is 5.17.